The summed E-state index contributed by atoms with van der Waals surface area (Å²) >= 11 is 0. The average molecular weight is 209 g/mol. The van der Waals surface area contributed by atoms with Gasteiger partial charge in [-0.25, -0.2) is 15.8 Å². The number of hydrazine groups is 1. The number of nitrogens with two attached hydrogens (primary N) is 1. The molecule has 0 radical (unpaired) electrons. The predicted octanol–water partition coefficient (Wildman–Crippen LogP) is 1.17. The summed E-state index contributed by atoms with van der Waals surface area (Å²) in [5.74, 6) is 7.71. The third-order valence-electron chi connectivity index (χ3n) is 2.36. The van der Waals surface area contributed by atoms with Gasteiger partial charge in [0.15, 0.2) is 0 Å². The molecule has 15 heavy (non-hydrogen) atoms. The Labute approximate surface area is 90.7 Å². The van der Waals surface area contributed by atoms with E-state index in [0.717, 1.165) is 18.1 Å². The number of aromatic nitrogens is 2. The van der Waals surface area contributed by atoms with Gasteiger partial charge < -0.3 is 10.3 Å². The van der Waals surface area contributed by atoms with Crippen LogP contribution in [0.25, 0.3) is 0 Å². The van der Waals surface area contributed by atoms with Crippen molar-refractivity contribution in [3.05, 3.63) is 11.9 Å². The molecule has 1 aromatic rings. The summed E-state index contributed by atoms with van der Waals surface area (Å²) in [6.07, 6.45) is 0.800. The number of rotatable bonds is 4. The van der Waals surface area contributed by atoms with Gasteiger partial charge in [0, 0.05) is 25.6 Å². The van der Waals surface area contributed by atoms with Crippen LogP contribution in [0.1, 0.15) is 26.6 Å². The van der Waals surface area contributed by atoms with Crippen LogP contribution in [0.15, 0.2) is 6.07 Å². The fourth-order valence-corrected chi connectivity index (χ4v) is 1.16. The van der Waals surface area contributed by atoms with Crippen molar-refractivity contribution in [2.75, 3.05) is 17.4 Å². The Balaban J connectivity index is 3.06. The standard InChI is InChI=1S/C10H19N5/c1-5-8-12-9(14-11)6-10(13-8)15(4)7(2)3/h6-7H,5,11H2,1-4H3,(H,12,13,14). The smallest absolute Gasteiger partial charge is 0.145 e. The highest BCUT2D eigenvalue weighted by atomic mass is 15.3. The highest BCUT2D eigenvalue weighted by Gasteiger charge is 2.09. The van der Waals surface area contributed by atoms with Gasteiger partial charge in [0.2, 0.25) is 0 Å². The lowest BCUT2D eigenvalue weighted by Crippen LogP contribution is -2.27. The van der Waals surface area contributed by atoms with Crippen molar-refractivity contribution < 1.29 is 0 Å². The summed E-state index contributed by atoms with van der Waals surface area (Å²) < 4.78 is 0. The van der Waals surface area contributed by atoms with Crippen molar-refractivity contribution >= 4 is 11.6 Å². The number of nitrogens with zero attached hydrogens (tertiary/aromatic N) is 3. The SMILES string of the molecule is CCc1nc(NN)cc(N(C)C(C)C)n1. The molecule has 0 aliphatic rings. The number of nitrogen functional groups attached to an aromatic ring is 1. The second kappa shape index (κ2) is 4.93. The maximum Gasteiger partial charge on any atom is 0.145 e. The first-order valence-corrected chi connectivity index (χ1v) is 5.15. The molecule has 0 fully saturated rings. The number of hydrogen-bond donors (Lipinski definition) is 2. The van der Waals surface area contributed by atoms with Crippen LogP contribution in [0.5, 0.6) is 0 Å². The fourth-order valence-electron chi connectivity index (χ4n) is 1.16. The average Bonchev–Trinajstić information content (AvgIpc) is 2.27. The first-order chi connectivity index (χ1) is 7.08. The summed E-state index contributed by atoms with van der Waals surface area (Å²) in [4.78, 5) is 10.8. The largest absolute Gasteiger partial charge is 0.357 e. The van der Waals surface area contributed by atoms with E-state index in [-0.39, 0.29) is 0 Å². The van der Waals surface area contributed by atoms with Gasteiger partial charge in [-0.05, 0) is 13.8 Å². The van der Waals surface area contributed by atoms with Crippen LogP contribution in [0.3, 0.4) is 0 Å². The van der Waals surface area contributed by atoms with E-state index in [2.05, 4.69) is 34.1 Å². The van der Waals surface area contributed by atoms with E-state index in [0.29, 0.717) is 11.9 Å². The molecular formula is C10H19N5. The number of anilines is 2. The van der Waals surface area contributed by atoms with Crippen molar-refractivity contribution in [3.63, 3.8) is 0 Å². The number of aryl methyl sites for hydroxylation is 1. The van der Waals surface area contributed by atoms with E-state index < -0.39 is 0 Å². The summed E-state index contributed by atoms with van der Waals surface area (Å²) in [7, 11) is 2.01. The molecule has 5 nitrogen and oxygen atoms in total. The maximum absolute atomic E-state index is 5.36. The molecule has 0 aliphatic carbocycles. The zero-order valence-electron chi connectivity index (χ0n) is 9.78. The first kappa shape index (κ1) is 11.7. The minimum atomic E-state index is 0.398. The molecule has 0 atom stereocenters. The molecule has 84 valence electrons. The second-order valence-corrected chi connectivity index (χ2v) is 3.73. The number of nitrogens with one attached hydrogen (secondary N) is 1. The normalized spacial score (nSPS) is 10.5. The Bertz CT molecular complexity index is 301. The van der Waals surface area contributed by atoms with Crippen molar-refractivity contribution in [1.29, 1.82) is 0 Å². The summed E-state index contributed by atoms with van der Waals surface area (Å²) in [5, 5.41) is 0. The molecule has 0 amide bonds. The van der Waals surface area contributed by atoms with Crippen LogP contribution in [0.2, 0.25) is 0 Å². The van der Waals surface area contributed by atoms with Crippen LogP contribution >= 0.6 is 0 Å². The van der Waals surface area contributed by atoms with Gasteiger partial charge in [0.25, 0.3) is 0 Å². The maximum atomic E-state index is 5.36. The Morgan fingerprint density at radius 1 is 1.47 bits per heavy atom. The summed E-state index contributed by atoms with van der Waals surface area (Å²) in [6.45, 7) is 6.25. The lowest BCUT2D eigenvalue weighted by molar-refractivity contribution is 0.736. The summed E-state index contributed by atoms with van der Waals surface area (Å²) in [5.41, 5.74) is 2.56. The van der Waals surface area contributed by atoms with Gasteiger partial charge in [0.1, 0.15) is 17.5 Å². The fraction of sp³-hybridized carbons (Fsp3) is 0.600. The van der Waals surface area contributed by atoms with E-state index in [1.165, 1.54) is 0 Å². The van der Waals surface area contributed by atoms with Gasteiger partial charge in [-0.3, -0.25) is 0 Å². The van der Waals surface area contributed by atoms with Crippen molar-refractivity contribution in [3.8, 4) is 0 Å². The van der Waals surface area contributed by atoms with E-state index in [1.807, 2.05) is 20.0 Å². The van der Waals surface area contributed by atoms with Crippen molar-refractivity contribution in [1.82, 2.24) is 9.97 Å². The molecule has 0 aliphatic heterocycles. The van der Waals surface area contributed by atoms with Gasteiger partial charge in [0.05, 0.1) is 0 Å². The Kier molecular flexibility index (Phi) is 3.85. The van der Waals surface area contributed by atoms with Crippen LogP contribution in [-0.2, 0) is 6.42 Å². The van der Waals surface area contributed by atoms with Crippen molar-refractivity contribution in [2.24, 2.45) is 5.84 Å². The molecule has 0 unspecified atom stereocenters. The second-order valence-electron chi connectivity index (χ2n) is 3.73. The lowest BCUT2D eigenvalue weighted by Gasteiger charge is -2.23. The van der Waals surface area contributed by atoms with Crippen molar-refractivity contribution in [2.45, 2.75) is 33.2 Å². The molecule has 3 N–H and O–H groups in total. The highest BCUT2D eigenvalue weighted by Crippen LogP contribution is 2.16. The highest BCUT2D eigenvalue weighted by molar-refractivity contribution is 5.48. The molecule has 5 heteroatoms. The Hall–Kier alpha value is -1.36. The topological polar surface area (TPSA) is 67.1 Å². The van der Waals surface area contributed by atoms with Gasteiger partial charge >= 0.3 is 0 Å². The molecule has 0 saturated carbocycles. The predicted molar refractivity (Wildman–Crippen MR) is 62.8 cm³/mol. The van der Waals surface area contributed by atoms with Crippen LogP contribution < -0.4 is 16.2 Å². The number of hydrogen-bond acceptors (Lipinski definition) is 5. The van der Waals surface area contributed by atoms with Gasteiger partial charge in [-0.1, -0.05) is 6.92 Å². The molecule has 0 aromatic carbocycles. The zero-order valence-corrected chi connectivity index (χ0v) is 9.78. The van der Waals surface area contributed by atoms with Crippen LogP contribution in [0, 0.1) is 0 Å². The first-order valence-electron chi connectivity index (χ1n) is 5.15. The van der Waals surface area contributed by atoms with Crippen LogP contribution in [-0.4, -0.2) is 23.1 Å². The Morgan fingerprint density at radius 3 is 2.60 bits per heavy atom. The molecule has 1 heterocycles. The molecule has 1 rings (SSSR count). The minimum Gasteiger partial charge on any atom is -0.357 e. The third kappa shape index (κ3) is 2.79. The Morgan fingerprint density at radius 2 is 2.13 bits per heavy atom. The molecule has 0 saturated heterocycles. The van der Waals surface area contributed by atoms with E-state index in [1.54, 1.807) is 0 Å². The van der Waals surface area contributed by atoms with Crippen LogP contribution in [0.4, 0.5) is 11.6 Å². The van der Waals surface area contributed by atoms with Gasteiger partial charge in [-0.2, -0.15) is 0 Å². The van der Waals surface area contributed by atoms with E-state index in [4.69, 9.17) is 5.84 Å². The van der Waals surface area contributed by atoms with E-state index in [9.17, 15) is 0 Å². The quantitative estimate of drug-likeness (QED) is 0.575. The molecule has 0 bridgehead atoms. The molecular weight excluding hydrogens is 190 g/mol. The summed E-state index contributed by atoms with van der Waals surface area (Å²) in [6, 6.07) is 2.24. The monoisotopic (exact) mass is 209 g/mol. The zero-order chi connectivity index (χ0) is 11.4. The van der Waals surface area contributed by atoms with Gasteiger partial charge in [-0.15, -0.1) is 0 Å². The lowest BCUT2D eigenvalue weighted by atomic mass is 10.3. The minimum absolute atomic E-state index is 0.398. The molecule has 1 aromatic heterocycles. The van der Waals surface area contributed by atoms with E-state index >= 15 is 0 Å². The molecule has 0 spiro atoms. The third-order valence-corrected chi connectivity index (χ3v) is 2.36.